The van der Waals surface area contributed by atoms with Crippen molar-refractivity contribution in [1.82, 2.24) is 39.4 Å². The third-order valence-corrected chi connectivity index (χ3v) is 14.9. The second kappa shape index (κ2) is 38.6. The van der Waals surface area contributed by atoms with Crippen LogP contribution in [0.3, 0.4) is 0 Å². The van der Waals surface area contributed by atoms with E-state index < -0.39 is 11.5 Å². The maximum absolute atomic E-state index is 12.1. The van der Waals surface area contributed by atoms with E-state index >= 15 is 0 Å². The van der Waals surface area contributed by atoms with Gasteiger partial charge in [-0.1, -0.05) is 50.6 Å². The molecule has 1 amide bonds. The molecule has 0 aliphatic carbocycles. The third-order valence-electron chi connectivity index (χ3n) is 14.9. The Morgan fingerprint density at radius 3 is 1.21 bits per heavy atom. The number of alkyl halides is 1. The Hall–Kier alpha value is -3.92. The van der Waals surface area contributed by atoms with Gasteiger partial charge in [-0.3, -0.25) is 27.9 Å². The van der Waals surface area contributed by atoms with Crippen LogP contribution in [-0.4, -0.2) is 107 Å². The number of halogens is 4. The smallest absolute Gasteiger partial charge is 0.0919 e. The van der Waals surface area contributed by atoms with Crippen LogP contribution >= 0.6 is 82.5 Å². The molecule has 472 valence electrons. The fraction of sp³-hybridized carbons (Fsp3) is 0.450. The van der Waals surface area contributed by atoms with E-state index in [4.69, 9.17) is 28.7 Å². The summed E-state index contributed by atoms with van der Waals surface area (Å²) in [4.78, 5) is 76.3. The molecular formula is C60H88I4InN12O8V. The molecule has 0 fully saturated rings. The third kappa shape index (κ3) is 21.4. The number of nitrogens with zero attached hydrogens (tertiary/aromatic N) is 10. The van der Waals surface area contributed by atoms with Crippen molar-refractivity contribution in [3.05, 3.63) is 163 Å². The molecule has 2 N–H and O–H groups in total. The van der Waals surface area contributed by atoms with E-state index in [2.05, 4.69) is 167 Å². The van der Waals surface area contributed by atoms with Crippen LogP contribution in [0, 0.1) is 111 Å². The molecule has 20 nitrogen and oxygen atoms in total. The van der Waals surface area contributed by atoms with Crippen LogP contribution in [-0.2, 0) is 51.5 Å². The van der Waals surface area contributed by atoms with Gasteiger partial charge in [0.05, 0.1) is 17.7 Å². The van der Waals surface area contributed by atoms with Gasteiger partial charge in [0.1, 0.15) is 17.4 Å². The number of hydrogen-bond acceptors (Lipinski definition) is 16. The number of Topliss-reactive ketones (excluding diaryl/α,β-unsaturated/α-hetero) is 1. The predicted molar refractivity (Wildman–Crippen MR) is 384 cm³/mol. The summed E-state index contributed by atoms with van der Waals surface area (Å²) < 4.78 is 12.5. The Morgan fingerprint density at radius 2 is 0.930 bits per heavy atom. The molecule has 0 radical (unpaired) electrons. The van der Waals surface area contributed by atoms with Crippen molar-refractivity contribution in [3.63, 3.8) is 0 Å². The number of aromatic amines is 1. The summed E-state index contributed by atoms with van der Waals surface area (Å²) in [7, 11) is 6.74. The predicted octanol–water partition coefficient (Wildman–Crippen LogP) is 12.6. The maximum atomic E-state index is 12.1. The summed E-state index contributed by atoms with van der Waals surface area (Å²) in [6.07, 6.45) is 5.08. The van der Waals surface area contributed by atoms with Crippen LogP contribution in [0.2, 0.25) is 0 Å². The number of amides is 1. The van der Waals surface area contributed by atoms with Gasteiger partial charge in [0.2, 0.25) is 17.6 Å². The Balaban J connectivity index is 0.00000133. The monoisotopic (exact) mass is 1780 g/mol. The van der Waals surface area contributed by atoms with Gasteiger partial charge < -0.3 is 24.8 Å². The van der Waals surface area contributed by atoms with Crippen molar-refractivity contribution >= 4 is 143 Å². The summed E-state index contributed by atoms with van der Waals surface area (Å²) in [6, 6.07) is 0. The number of rotatable bonds is 12. The summed E-state index contributed by atoms with van der Waals surface area (Å²) in [5, 5.41) is 20.1. The van der Waals surface area contributed by atoms with Crippen molar-refractivity contribution < 1.29 is 33.2 Å². The first-order valence-electron chi connectivity index (χ1n) is 26.3. The van der Waals surface area contributed by atoms with Crippen molar-refractivity contribution in [3.8, 4) is 0 Å². The fourth-order valence-electron chi connectivity index (χ4n) is 8.56. The number of hydrogen-bond donors (Lipinski definition) is 2. The maximum Gasteiger partial charge on any atom is 0.0919 e. The number of carbonyl (C=O) groups is 2. The Morgan fingerprint density at radius 1 is 0.605 bits per heavy atom. The van der Waals surface area contributed by atoms with E-state index in [9.17, 15) is 19.2 Å². The van der Waals surface area contributed by atoms with Crippen molar-refractivity contribution in [2.75, 3.05) is 29.2 Å². The summed E-state index contributed by atoms with van der Waals surface area (Å²) in [6.45, 7) is 37.5. The van der Waals surface area contributed by atoms with Crippen LogP contribution in [0.25, 0.3) is 0 Å². The van der Waals surface area contributed by atoms with Gasteiger partial charge in [0.15, 0.2) is 24.6 Å². The van der Waals surface area contributed by atoms with Crippen LogP contribution in [0.1, 0.15) is 151 Å². The molecule has 5 heterocycles. The van der Waals surface area contributed by atoms with E-state index in [1.54, 1.807) is 39.9 Å². The van der Waals surface area contributed by atoms with Gasteiger partial charge in [-0.2, -0.15) is 0 Å². The van der Waals surface area contributed by atoms with Crippen LogP contribution in [0.5, 0.6) is 0 Å². The Labute approximate surface area is 578 Å². The van der Waals surface area contributed by atoms with Gasteiger partial charge in [0, 0.05) is 58.6 Å². The zero-order valence-corrected chi connectivity index (χ0v) is 62.9. The normalized spacial score (nSPS) is 10.7. The second-order valence-corrected chi connectivity index (χ2v) is 55.2. The van der Waals surface area contributed by atoms with E-state index in [0.717, 1.165) is 89.4 Å². The summed E-state index contributed by atoms with van der Waals surface area (Å²) in [5.41, 5.74) is 21.6. The molecule has 7 rings (SSSR count). The molecule has 2 aromatic carbocycles. The molecule has 7 aromatic rings. The minimum atomic E-state index is -0.586. The minimum absolute atomic E-state index is 0. The summed E-state index contributed by atoms with van der Waals surface area (Å²) >= 11 is 9.54. The van der Waals surface area contributed by atoms with Crippen molar-refractivity contribution in [2.24, 2.45) is 24.4 Å². The number of carbonyl (C=O) groups excluding carboxylic acids is 2. The summed E-state index contributed by atoms with van der Waals surface area (Å²) in [5.74, 6) is 0.908. The topological polar surface area (TPSA) is 243 Å². The molecule has 26 heteroatoms. The van der Waals surface area contributed by atoms with E-state index in [0.29, 0.717) is 28.8 Å². The average Bonchev–Trinajstić information content (AvgIpc) is 1.33. The number of nitrogens with one attached hydrogen (secondary N) is 2. The van der Waals surface area contributed by atoms with E-state index in [1.807, 2.05) is 74.3 Å². The molecule has 0 bridgehead atoms. The van der Waals surface area contributed by atoms with Crippen molar-refractivity contribution in [1.29, 1.82) is 0 Å². The van der Waals surface area contributed by atoms with Crippen LogP contribution in [0.15, 0.2) is 47.7 Å². The molecule has 0 saturated carbocycles. The Kier molecular flexibility index (Phi) is 36.8. The minimum Gasteiger partial charge on any atom is -0.351 e. The standard InChI is InChI=1S/C27H35N5O4.C25H33N5O3.C3H4N2.C3H6O.CH3I.CH4.3HI.In.V.3H/c1-13-14(2)18(6)23(19(7)15(13)3)24(26-30-36-27(34)32(26)11)29-35-12-22-17(5)16(4)20(8)25(28-22)31(10)21(9)33;1-12-13(2)17(6)21(18(7)14(12)3)22(24-29-33-25(31)30(24)10)28-32-11-20-16(5)15(4)19(8)23(26-9)27-20;1-2-5-3-4-1;1-3(2)4;1-2;;;;;;;;;/h12H2,1-11H3;11H2,1-10H3,(H,26,27);1-3H,(H,4,5);1-2H3;1H3;1H4;3*1H;;;;;/q;;;;;;;;;;+3;;;/p-3. The van der Waals surface area contributed by atoms with Gasteiger partial charge >= 0.3 is 102 Å². The zero-order valence-electron chi connectivity index (χ0n) is 52.8. The molecule has 0 aliphatic heterocycles. The number of benzene rings is 2. The second-order valence-electron chi connectivity index (χ2n) is 19.8. The molecule has 0 unspecified atom stereocenters. The van der Waals surface area contributed by atoms with Crippen molar-refractivity contribution in [2.45, 2.75) is 152 Å². The Bertz CT molecular complexity index is 3530. The number of oxime groups is 2. The number of ketones is 1. The average molecular weight is 1780 g/mol. The largest absolute Gasteiger partial charge is 0.351 e. The van der Waals surface area contributed by atoms with E-state index in [1.165, 1.54) is 57.1 Å². The molecule has 5 aromatic heterocycles. The van der Waals surface area contributed by atoms with Gasteiger partial charge in [0.25, 0.3) is 0 Å². The molecule has 0 spiro atoms. The molecule has 0 aliphatic rings. The molecular weight excluding hydrogens is 1690 g/mol. The first-order valence-corrected chi connectivity index (χ1v) is 41.9. The first-order chi connectivity index (χ1) is 39.3. The first kappa shape index (κ1) is 82.1. The van der Waals surface area contributed by atoms with Gasteiger partial charge in [-0.15, -0.1) is 0 Å². The number of aromatic nitrogens is 8. The quantitative estimate of drug-likeness (QED) is 0.0500. The van der Waals surface area contributed by atoms with Crippen LogP contribution < -0.4 is 21.7 Å². The SMILES string of the molecule is C.CC(=O)N(C)c1nc(CON=C(c2c(C)c(C)c(C)c(C)c2C)c2noc(=O)n2C)c(C)c(C)c1C.CC(C)=O.CI.CNc1nc(CON=C(c2c(C)c(C)c(C)c(C)c2C)c2noc(=O)n2C)c(C)c(C)c1C.[I][V]([I])[I].[InH3].c1c[nH]cn1. The van der Waals surface area contributed by atoms with Gasteiger partial charge in [-0.25, -0.2) is 24.5 Å². The van der Waals surface area contributed by atoms with E-state index in [-0.39, 0.29) is 68.9 Å². The molecule has 0 atom stereocenters. The molecule has 0 saturated heterocycles. The fourth-order valence-corrected chi connectivity index (χ4v) is 8.56. The molecule has 86 heavy (non-hydrogen) atoms. The van der Waals surface area contributed by atoms with Gasteiger partial charge in [-0.05, 0) is 219 Å². The van der Waals surface area contributed by atoms with Crippen LogP contribution in [0.4, 0.5) is 11.6 Å². The number of anilines is 2. The zero-order chi connectivity index (χ0) is 64.4. The number of H-pyrrole nitrogens is 1. The number of pyridine rings is 2. The number of imidazole rings is 1.